The number of aryl methyl sites for hydroxylation is 2. The highest BCUT2D eigenvalue weighted by Gasteiger charge is 2.33. The molecule has 0 saturated carbocycles. The first kappa shape index (κ1) is 20.1. The summed E-state index contributed by atoms with van der Waals surface area (Å²) in [5, 5.41) is 11.7. The van der Waals surface area contributed by atoms with Gasteiger partial charge in [-0.05, 0) is 38.3 Å². The molecule has 1 saturated heterocycles. The molecule has 1 fully saturated rings. The lowest BCUT2D eigenvalue weighted by molar-refractivity contribution is -0.0366. The van der Waals surface area contributed by atoms with Crippen LogP contribution < -0.4 is 5.56 Å². The Morgan fingerprint density at radius 3 is 2.69 bits per heavy atom. The van der Waals surface area contributed by atoms with Gasteiger partial charge in [0.15, 0.2) is 11.6 Å². The standard InChI is InChI=1S/C21H23F2N3O2S/c1-13-14(2)29-19-17(13)20(27)26(12-24-19)11-21(28)6-8-25(9-7-21)10-15-4-3-5-16(22)18(15)23/h3-5,12,28H,6-11H2,1-2H3. The molecule has 0 bridgehead atoms. The van der Waals surface area contributed by atoms with Crippen LogP contribution in [0, 0.1) is 25.5 Å². The number of thiophene rings is 1. The van der Waals surface area contributed by atoms with Gasteiger partial charge in [-0.15, -0.1) is 11.3 Å². The third-order valence-electron chi connectivity index (χ3n) is 5.83. The Morgan fingerprint density at radius 2 is 1.97 bits per heavy atom. The maximum absolute atomic E-state index is 13.9. The minimum atomic E-state index is -1.03. The average Bonchev–Trinajstić information content (AvgIpc) is 2.98. The normalized spacial score (nSPS) is 17.1. The molecule has 4 rings (SSSR count). The number of rotatable bonds is 4. The first-order valence-electron chi connectivity index (χ1n) is 9.60. The fraction of sp³-hybridized carbons (Fsp3) is 0.429. The molecule has 0 spiro atoms. The van der Waals surface area contributed by atoms with E-state index in [0.29, 0.717) is 43.4 Å². The van der Waals surface area contributed by atoms with Crippen LogP contribution in [0.2, 0.25) is 0 Å². The number of fused-ring (bicyclic) bond motifs is 1. The van der Waals surface area contributed by atoms with Crippen molar-refractivity contribution in [2.24, 2.45) is 0 Å². The number of aromatic nitrogens is 2. The van der Waals surface area contributed by atoms with Gasteiger partial charge >= 0.3 is 0 Å². The Labute approximate surface area is 171 Å². The van der Waals surface area contributed by atoms with Crippen molar-refractivity contribution in [2.75, 3.05) is 13.1 Å². The molecule has 154 valence electrons. The zero-order chi connectivity index (χ0) is 20.8. The van der Waals surface area contributed by atoms with Crippen molar-refractivity contribution in [3.63, 3.8) is 0 Å². The SMILES string of the molecule is Cc1sc2ncn(CC3(O)CCN(Cc4cccc(F)c4F)CC3)c(=O)c2c1C. The Hall–Kier alpha value is -2.16. The van der Waals surface area contributed by atoms with E-state index in [9.17, 15) is 18.7 Å². The van der Waals surface area contributed by atoms with E-state index < -0.39 is 17.2 Å². The molecule has 5 nitrogen and oxygen atoms in total. The molecule has 1 aliphatic rings. The summed E-state index contributed by atoms with van der Waals surface area (Å²) in [4.78, 5) is 21.1. The van der Waals surface area contributed by atoms with E-state index in [4.69, 9.17) is 0 Å². The van der Waals surface area contributed by atoms with Crippen LogP contribution in [-0.2, 0) is 13.1 Å². The minimum absolute atomic E-state index is 0.130. The molecule has 0 unspecified atom stereocenters. The largest absolute Gasteiger partial charge is 0.388 e. The number of benzene rings is 1. The number of aliphatic hydroxyl groups is 1. The summed E-state index contributed by atoms with van der Waals surface area (Å²) >= 11 is 1.50. The van der Waals surface area contributed by atoms with Crippen LogP contribution >= 0.6 is 11.3 Å². The molecule has 3 aromatic rings. The molecular formula is C21H23F2N3O2S. The fourth-order valence-corrected chi connectivity index (χ4v) is 4.88. The summed E-state index contributed by atoms with van der Waals surface area (Å²) in [6.07, 6.45) is 2.39. The van der Waals surface area contributed by atoms with Gasteiger partial charge in [-0.2, -0.15) is 0 Å². The Kier molecular flexibility index (Phi) is 5.27. The van der Waals surface area contributed by atoms with E-state index in [1.165, 1.54) is 28.3 Å². The number of piperidine rings is 1. The third kappa shape index (κ3) is 3.84. The highest BCUT2D eigenvalue weighted by atomic mass is 32.1. The molecule has 8 heteroatoms. The summed E-state index contributed by atoms with van der Waals surface area (Å²) in [7, 11) is 0. The second-order valence-corrected chi connectivity index (χ2v) is 9.06. The summed E-state index contributed by atoms with van der Waals surface area (Å²) in [6.45, 7) is 5.42. The monoisotopic (exact) mass is 419 g/mol. The Balaban J connectivity index is 1.47. The van der Waals surface area contributed by atoms with Gasteiger partial charge in [0.1, 0.15) is 4.83 Å². The van der Waals surface area contributed by atoms with Gasteiger partial charge in [-0.3, -0.25) is 14.3 Å². The van der Waals surface area contributed by atoms with Crippen molar-refractivity contribution in [2.45, 2.75) is 45.4 Å². The lowest BCUT2D eigenvalue weighted by Crippen LogP contribution is -2.47. The van der Waals surface area contributed by atoms with E-state index in [1.807, 2.05) is 18.7 Å². The van der Waals surface area contributed by atoms with Crippen LogP contribution in [0.15, 0.2) is 29.3 Å². The Bertz CT molecular complexity index is 1120. The fourth-order valence-electron chi connectivity index (χ4n) is 3.90. The van der Waals surface area contributed by atoms with Gasteiger partial charge in [0.25, 0.3) is 5.56 Å². The van der Waals surface area contributed by atoms with E-state index in [2.05, 4.69) is 4.98 Å². The lowest BCUT2D eigenvalue weighted by Gasteiger charge is -2.38. The van der Waals surface area contributed by atoms with Gasteiger partial charge in [0.05, 0.1) is 23.9 Å². The van der Waals surface area contributed by atoms with E-state index in [1.54, 1.807) is 6.07 Å². The first-order chi connectivity index (χ1) is 13.8. The van der Waals surface area contributed by atoms with E-state index in [-0.39, 0.29) is 12.1 Å². The molecule has 1 aliphatic heterocycles. The summed E-state index contributed by atoms with van der Waals surface area (Å²) < 4.78 is 28.8. The first-order valence-corrected chi connectivity index (χ1v) is 10.4. The van der Waals surface area contributed by atoms with Crippen LogP contribution in [0.3, 0.4) is 0 Å². The highest BCUT2D eigenvalue weighted by Crippen LogP contribution is 2.28. The van der Waals surface area contributed by atoms with Crippen molar-refractivity contribution >= 4 is 21.6 Å². The van der Waals surface area contributed by atoms with Crippen LogP contribution in [0.1, 0.15) is 28.8 Å². The topological polar surface area (TPSA) is 58.4 Å². The molecule has 0 radical (unpaired) electrons. The number of nitrogens with zero attached hydrogens (tertiary/aromatic N) is 3. The predicted octanol–water partition coefficient (Wildman–Crippen LogP) is 3.38. The molecule has 2 aromatic heterocycles. The number of halogens is 2. The van der Waals surface area contributed by atoms with Crippen LogP contribution in [0.25, 0.3) is 10.2 Å². The molecule has 29 heavy (non-hydrogen) atoms. The average molecular weight is 419 g/mol. The third-order valence-corrected chi connectivity index (χ3v) is 6.95. The minimum Gasteiger partial charge on any atom is -0.388 e. The van der Waals surface area contributed by atoms with Gasteiger partial charge in [0, 0.05) is 30.1 Å². The van der Waals surface area contributed by atoms with Gasteiger partial charge in [0.2, 0.25) is 0 Å². The van der Waals surface area contributed by atoms with E-state index >= 15 is 0 Å². The maximum Gasteiger partial charge on any atom is 0.262 e. The van der Waals surface area contributed by atoms with E-state index in [0.717, 1.165) is 21.3 Å². The maximum atomic E-state index is 13.9. The van der Waals surface area contributed by atoms with Crippen molar-refractivity contribution < 1.29 is 13.9 Å². The molecule has 0 aliphatic carbocycles. The van der Waals surface area contributed by atoms with Crippen molar-refractivity contribution in [3.8, 4) is 0 Å². The Morgan fingerprint density at radius 1 is 1.24 bits per heavy atom. The number of hydrogen-bond acceptors (Lipinski definition) is 5. The summed E-state index contributed by atoms with van der Waals surface area (Å²) in [5.41, 5.74) is 0.0877. The lowest BCUT2D eigenvalue weighted by atomic mass is 9.91. The molecule has 0 amide bonds. The van der Waals surface area contributed by atoms with Crippen LogP contribution in [0.5, 0.6) is 0 Å². The molecule has 1 aromatic carbocycles. The van der Waals surface area contributed by atoms with Gasteiger partial charge in [-0.1, -0.05) is 12.1 Å². The molecular weight excluding hydrogens is 396 g/mol. The molecule has 3 heterocycles. The second-order valence-electron chi connectivity index (χ2n) is 7.85. The van der Waals surface area contributed by atoms with Crippen LogP contribution in [0.4, 0.5) is 8.78 Å². The van der Waals surface area contributed by atoms with Crippen LogP contribution in [-0.4, -0.2) is 38.2 Å². The van der Waals surface area contributed by atoms with Crippen molar-refractivity contribution in [3.05, 3.63) is 62.5 Å². The second kappa shape index (κ2) is 7.59. The molecule has 1 N–H and O–H groups in total. The smallest absolute Gasteiger partial charge is 0.262 e. The summed E-state index contributed by atoms with van der Waals surface area (Å²) in [6, 6.07) is 4.18. The summed E-state index contributed by atoms with van der Waals surface area (Å²) in [5.74, 6) is -1.67. The quantitative estimate of drug-likeness (QED) is 0.704. The van der Waals surface area contributed by atoms with Gasteiger partial charge in [-0.25, -0.2) is 13.8 Å². The number of likely N-dealkylation sites (tertiary alicyclic amines) is 1. The van der Waals surface area contributed by atoms with Crippen molar-refractivity contribution in [1.29, 1.82) is 0 Å². The zero-order valence-electron chi connectivity index (χ0n) is 16.4. The number of hydrogen-bond donors (Lipinski definition) is 1. The molecule has 0 atom stereocenters. The van der Waals surface area contributed by atoms with Gasteiger partial charge < -0.3 is 5.11 Å². The zero-order valence-corrected chi connectivity index (χ0v) is 17.2. The predicted molar refractivity (Wildman–Crippen MR) is 109 cm³/mol. The van der Waals surface area contributed by atoms with Crippen molar-refractivity contribution in [1.82, 2.24) is 14.5 Å². The highest BCUT2D eigenvalue weighted by molar-refractivity contribution is 7.18.